The highest BCUT2D eigenvalue weighted by Crippen LogP contribution is 2.25. The first-order chi connectivity index (χ1) is 9.06. The largest absolute Gasteiger partial charge is 0.393 e. The first-order valence-corrected chi connectivity index (χ1v) is 6.52. The summed E-state index contributed by atoms with van der Waals surface area (Å²) in [4.78, 5) is 17.5. The van der Waals surface area contributed by atoms with Gasteiger partial charge in [-0.05, 0) is 12.8 Å². The number of aliphatic hydroxyl groups excluding tert-OH is 1. The van der Waals surface area contributed by atoms with E-state index in [1.54, 1.807) is 18.9 Å². The van der Waals surface area contributed by atoms with Crippen molar-refractivity contribution in [3.05, 3.63) is 11.7 Å². The Hall–Kier alpha value is -1.63. The molecule has 1 aliphatic carbocycles. The molecule has 0 saturated heterocycles. The molecule has 0 bridgehead atoms. The summed E-state index contributed by atoms with van der Waals surface area (Å²) in [5, 5.41) is 16.2. The highest BCUT2D eigenvalue weighted by atomic mass is 16.5. The van der Waals surface area contributed by atoms with Gasteiger partial charge in [-0.2, -0.15) is 4.98 Å². The molecule has 1 fully saturated rings. The van der Waals surface area contributed by atoms with Crippen LogP contribution in [0.3, 0.4) is 0 Å². The van der Waals surface area contributed by atoms with Crippen molar-refractivity contribution in [3.8, 4) is 0 Å². The van der Waals surface area contributed by atoms with Gasteiger partial charge in [0.05, 0.1) is 12.6 Å². The van der Waals surface area contributed by atoms with E-state index in [0.29, 0.717) is 18.3 Å². The zero-order valence-corrected chi connectivity index (χ0v) is 11.3. The highest BCUT2D eigenvalue weighted by molar-refractivity contribution is 5.73. The number of nitrogens with zero attached hydrogens (tertiary/aromatic N) is 3. The molecule has 2 rings (SSSR count). The summed E-state index contributed by atoms with van der Waals surface area (Å²) in [6.45, 7) is 2.51. The number of rotatable bonds is 4. The van der Waals surface area contributed by atoms with Gasteiger partial charge in [0, 0.05) is 26.4 Å². The van der Waals surface area contributed by atoms with Crippen LogP contribution < -0.4 is 5.32 Å². The first-order valence-electron chi connectivity index (χ1n) is 6.52. The third-order valence-electron chi connectivity index (χ3n) is 3.44. The minimum absolute atomic E-state index is 0.183. The van der Waals surface area contributed by atoms with E-state index in [0.717, 1.165) is 19.3 Å². The summed E-state index contributed by atoms with van der Waals surface area (Å²) in [6.07, 6.45) is 2.56. The van der Waals surface area contributed by atoms with E-state index < -0.39 is 0 Å². The molecule has 1 aliphatic rings. The number of hydrogen-bond acceptors (Lipinski definition) is 5. The van der Waals surface area contributed by atoms with Crippen LogP contribution in [0.5, 0.6) is 0 Å². The molecule has 1 saturated carbocycles. The lowest BCUT2D eigenvalue weighted by Crippen LogP contribution is -2.41. The summed E-state index contributed by atoms with van der Waals surface area (Å²) in [7, 11) is 1.72. The Balaban J connectivity index is 1.76. The maximum atomic E-state index is 11.9. The third kappa shape index (κ3) is 3.66. The van der Waals surface area contributed by atoms with Gasteiger partial charge in [-0.15, -0.1) is 0 Å². The van der Waals surface area contributed by atoms with Crippen LogP contribution in [0.2, 0.25) is 0 Å². The number of urea groups is 1. The maximum absolute atomic E-state index is 11.9. The summed E-state index contributed by atoms with van der Waals surface area (Å²) in [5.74, 6) is 1.12. The molecule has 0 radical (unpaired) electrons. The minimum Gasteiger partial charge on any atom is -0.393 e. The van der Waals surface area contributed by atoms with Crippen LogP contribution in [0.1, 0.15) is 31.0 Å². The van der Waals surface area contributed by atoms with Gasteiger partial charge in [-0.3, -0.25) is 0 Å². The van der Waals surface area contributed by atoms with E-state index >= 15 is 0 Å². The van der Waals surface area contributed by atoms with Gasteiger partial charge in [0.15, 0.2) is 5.82 Å². The van der Waals surface area contributed by atoms with E-state index in [2.05, 4.69) is 15.5 Å². The van der Waals surface area contributed by atoms with E-state index in [1.807, 2.05) is 0 Å². The molecule has 2 amide bonds. The lowest BCUT2D eigenvalue weighted by atomic mass is 10.1. The molecule has 19 heavy (non-hydrogen) atoms. The number of carbonyl (C=O) groups is 1. The zero-order valence-electron chi connectivity index (χ0n) is 11.3. The lowest BCUT2D eigenvalue weighted by Gasteiger charge is -2.23. The van der Waals surface area contributed by atoms with Crippen LogP contribution in [-0.4, -0.2) is 45.9 Å². The fourth-order valence-corrected chi connectivity index (χ4v) is 2.37. The minimum atomic E-state index is -0.282. The Morgan fingerprint density at radius 2 is 2.37 bits per heavy atom. The zero-order chi connectivity index (χ0) is 13.8. The van der Waals surface area contributed by atoms with E-state index in [-0.39, 0.29) is 24.6 Å². The summed E-state index contributed by atoms with van der Waals surface area (Å²) < 4.78 is 4.82. The Labute approximate surface area is 112 Å². The number of aliphatic hydroxyl groups is 1. The van der Waals surface area contributed by atoms with Crippen LogP contribution in [-0.2, 0) is 6.54 Å². The number of carbonyl (C=O) groups excluding carboxylic acids is 1. The third-order valence-corrected chi connectivity index (χ3v) is 3.44. The predicted octanol–water partition coefficient (Wildman–Crippen LogP) is 0.680. The van der Waals surface area contributed by atoms with Crippen molar-refractivity contribution in [2.45, 2.75) is 38.8 Å². The quantitative estimate of drug-likeness (QED) is 0.838. The van der Waals surface area contributed by atoms with Crippen molar-refractivity contribution >= 4 is 6.03 Å². The topological polar surface area (TPSA) is 91.5 Å². The maximum Gasteiger partial charge on any atom is 0.317 e. The van der Waals surface area contributed by atoms with Gasteiger partial charge in [-0.1, -0.05) is 11.6 Å². The molecule has 2 N–H and O–H groups in total. The fourth-order valence-electron chi connectivity index (χ4n) is 2.37. The molecule has 2 atom stereocenters. The molecular formula is C12H20N4O3. The van der Waals surface area contributed by atoms with Gasteiger partial charge in [-0.25, -0.2) is 4.79 Å². The fraction of sp³-hybridized carbons (Fsp3) is 0.750. The Kier molecular flexibility index (Phi) is 4.36. The average Bonchev–Trinajstić information content (AvgIpc) is 2.96. The lowest BCUT2D eigenvalue weighted by molar-refractivity contribution is 0.114. The van der Waals surface area contributed by atoms with Crippen LogP contribution >= 0.6 is 0 Å². The van der Waals surface area contributed by atoms with Gasteiger partial charge < -0.3 is 19.8 Å². The Morgan fingerprint density at radius 3 is 2.95 bits per heavy atom. The molecule has 0 aliphatic heterocycles. The Morgan fingerprint density at radius 1 is 1.58 bits per heavy atom. The standard InChI is InChI=1S/C12H20N4O3/c1-8-14-11(15-19-8)6-13-12(18)16(2)7-9-4-3-5-10(9)17/h9-10,17H,3-7H2,1-2H3,(H,13,18). The molecule has 2 unspecified atom stereocenters. The van der Waals surface area contributed by atoms with Crippen LogP contribution in [0.15, 0.2) is 4.52 Å². The second kappa shape index (κ2) is 6.01. The summed E-state index contributed by atoms with van der Waals surface area (Å²) in [5.41, 5.74) is 0. The highest BCUT2D eigenvalue weighted by Gasteiger charge is 2.27. The van der Waals surface area contributed by atoms with E-state index in [1.165, 1.54) is 0 Å². The summed E-state index contributed by atoms with van der Waals surface area (Å²) in [6, 6.07) is -0.193. The molecule has 106 valence electrons. The molecule has 7 heteroatoms. The van der Waals surface area contributed by atoms with Gasteiger partial charge >= 0.3 is 6.03 Å². The van der Waals surface area contributed by atoms with Crippen molar-refractivity contribution < 1.29 is 14.4 Å². The van der Waals surface area contributed by atoms with Gasteiger partial charge in [0.25, 0.3) is 0 Å². The molecule has 0 aromatic carbocycles. The molecule has 1 aromatic heterocycles. The van der Waals surface area contributed by atoms with E-state index in [9.17, 15) is 9.90 Å². The first kappa shape index (κ1) is 13.8. The monoisotopic (exact) mass is 268 g/mol. The van der Waals surface area contributed by atoms with Crippen molar-refractivity contribution in [1.82, 2.24) is 20.4 Å². The van der Waals surface area contributed by atoms with Crippen LogP contribution in [0.25, 0.3) is 0 Å². The van der Waals surface area contributed by atoms with Gasteiger partial charge in [0.1, 0.15) is 0 Å². The molecular weight excluding hydrogens is 248 g/mol. The normalized spacial score (nSPS) is 22.5. The molecule has 1 heterocycles. The van der Waals surface area contributed by atoms with Crippen molar-refractivity contribution in [1.29, 1.82) is 0 Å². The van der Waals surface area contributed by atoms with Crippen molar-refractivity contribution in [2.75, 3.05) is 13.6 Å². The number of amides is 2. The smallest absolute Gasteiger partial charge is 0.317 e. The van der Waals surface area contributed by atoms with Crippen LogP contribution in [0.4, 0.5) is 4.79 Å². The van der Waals surface area contributed by atoms with E-state index in [4.69, 9.17) is 4.52 Å². The predicted molar refractivity (Wildman–Crippen MR) is 67.2 cm³/mol. The average molecular weight is 268 g/mol. The SMILES string of the molecule is Cc1nc(CNC(=O)N(C)CC2CCCC2O)no1. The Bertz CT molecular complexity index is 434. The number of aryl methyl sites for hydroxylation is 1. The van der Waals surface area contributed by atoms with Crippen molar-refractivity contribution in [3.63, 3.8) is 0 Å². The molecule has 0 spiro atoms. The molecule has 1 aromatic rings. The van der Waals surface area contributed by atoms with Gasteiger partial charge in [0.2, 0.25) is 5.89 Å². The number of hydrogen-bond donors (Lipinski definition) is 2. The van der Waals surface area contributed by atoms with Crippen molar-refractivity contribution in [2.24, 2.45) is 5.92 Å². The second-order valence-electron chi connectivity index (χ2n) is 5.03. The number of aromatic nitrogens is 2. The second-order valence-corrected chi connectivity index (χ2v) is 5.03. The summed E-state index contributed by atoms with van der Waals surface area (Å²) >= 11 is 0. The van der Waals surface area contributed by atoms with Crippen LogP contribution in [0, 0.1) is 12.8 Å². The number of nitrogens with one attached hydrogen (secondary N) is 1. The molecule has 7 nitrogen and oxygen atoms in total.